The van der Waals surface area contributed by atoms with E-state index in [1.807, 2.05) is 0 Å². The molecule has 2 aromatic rings. The molecule has 0 N–H and O–H groups in total. The molecule has 0 spiro atoms. The first kappa shape index (κ1) is 15.8. The number of aryl methyl sites for hydroxylation is 2. The van der Waals surface area contributed by atoms with E-state index in [-0.39, 0.29) is 0 Å². The van der Waals surface area contributed by atoms with Crippen LogP contribution in [0.3, 0.4) is 0 Å². The molecule has 1 nitrogen and oxygen atoms in total. The maximum Gasteiger partial charge on any atom is 0.0233 e. The molecule has 1 atom stereocenters. The Morgan fingerprint density at radius 3 is 2.33 bits per heavy atom. The molecule has 0 saturated carbocycles. The van der Waals surface area contributed by atoms with Gasteiger partial charge in [-0.2, -0.15) is 0 Å². The Balaban J connectivity index is 1.77. The van der Waals surface area contributed by atoms with Gasteiger partial charge in [0.25, 0.3) is 0 Å². The van der Waals surface area contributed by atoms with Crippen molar-refractivity contribution in [1.82, 2.24) is 4.90 Å². The Hall–Kier alpha value is -1.60. The Morgan fingerprint density at radius 1 is 0.952 bits per heavy atom. The van der Waals surface area contributed by atoms with Gasteiger partial charge in [-0.25, -0.2) is 0 Å². The molecule has 112 valence electrons. The number of benzene rings is 2. The van der Waals surface area contributed by atoms with Crippen LogP contribution in [-0.2, 0) is 13.0 Å². The molecule has 21 heavy (non-hydrogen) atoms. The molecule has 0 aromatic heterocycles. The number of rotatable bonds is 7. The molecule has 0 aliphatic heterocycles. The number of hydrogen-bond donors (Lipinski definition) is 0. The van der Waals surface area contributed by atoms with Crippen molar-refractivity contribution in [2.24, 2.45) is 5.92 Å². The lowest BCUT2D eigenvalue weighted by molar-refractivity contribution is 0.271. The normalized spacial score (nSPS) is 12.6. The van der Waals surface area contributed by atoms with Gasteiger partial charge in [-0.3, -0.25) is 0 Å². The van der Waals surface area contributed by atoms with Gasteiger partial charge >= 0.3 is 0 Å². The minimum Gasteiger partial charge on any atom is -0.302 e. The molecule has 0 aliphatic rings. The van der Waals surface area contributed by atoms with Gasteiger partial charge < -0.3 is 4.90 Å². The van der Waals surface area contributed by atoms with E-state index >= 15 is 0 Å². The maximum atomic E-state index is 2.44. The van der Waals surface area contributed by atoms with Gasteiger partial charge in [0.05, 0.1) is 0 Å². The highest BCUT2D eigenvalue weighted by Gasteiger charge is 2.08. The largest absolute Gasteiger partial charge is 0.302 e. The van der Waals surface area contributed by atoms with E-state index in [1.54, 1.807) is 0 Å². The Labute approximate surface area is 129 Å². The summed E-state index contributed by atoms with van der Waals surface area (Å²) in [6.45, 7) is 6.75. The van der Waals surface area contributed by atoms with E-state index in [0.717, 1.165) is 19.0 Å². The summed E-state index contributed by atoms with van der Waals surface area (Å²) in [5.41, 5.74) is 4.28. The van der Waals surface area contributed by atoms with Gasteiger partial charge in [0.1, 0.15) is 0 Å². The first-order valence-corrected chi connectivity index (χ1v) is 7.92. The third-order valence-corrected chi connectivity index (χ3v) is 4.09. The van der Waals surface area contributed by atoms with Gasteiger partial charge in [0.15, 0.2) is 0 Å². The zero-order chi connectivity index (χ0) is 15.1. The smallest absolute Gasteiger partial charge is 0.0233 e. The van der Waals surface area contributed by atoms with Crippen LogP contribution in [0.2, 0.25) is 0 Å². The van der Waals surface area contributed by atoms with Crippen LogP contribution in [0.5, 0.6) is 0 Å². The maximum absolute atomic E-state index is 2.44. The molecule has 0 saturated heterocycles. The van der Waals surface area contributed by atoms with Crippen LogP contribution in [0.1, 0.15) is 30.0 Å². The first-order valence-electron chi connectivity index (χ1n) is 7.92. The molecule has 0 amide bonds. The van der Waals surface area contributed by atoms with Gasteiger partial charge in [0, 0.05) is 13.1 Å². The lowest BCUT2D eigenvalue weighted by Gasteiger charge is -2.22. The third-order valence-electron chi connectivity index (χ3n) is 4.09. The molecule has 0 radical (unpaired) electrons. The summed E-state index contributed by atoms with van der Waals surface area (Å²) >= 11 is 0. The third kappa shape index (κ3) is 5.35. The zero-order valence-electron chi connectivity index (χ0n) is 13.5. The predicted octanol–water partition coefficient (Wildman–Crippen LogP) is 4.70. The van der Waals surface area contributed by atoms with E-state index in [4.69, 9.17) is 0 Å². The number of nitrogens with zero attached hydrogens (tertiary/aromatic N) is 1. The van der Waals surface area contributed by atoms with Crippen molar-refractivity contribution in [3.63, 3.8) is 0 Å². The summed E-state index contributed by atoms with van der Waals surface area (Å²) in [5, 5.41) is 0. The molecular weight excluding hydrogens is 254 g/mol. The molecule has 2 rings (SSSR count). The second-order valence-corrected chi connectivity index (χ2v) is 6.25. The Morgan fingerprint density at radius 2 is 1.62 bits per heavy atom. The zero-order valence-corrected chi connectivity index (χ0v) is 13.5. The molecule has 2 aromatic carbocycles. The van der Waals surface area contributed by atoms with Gasteiger partial charge in [0.2, 0.25) is 0 Å². The minimum absolute atomic E-state index is 0.722. The average Bonchev–Trinajstić information content (AvgIpc) is 2.48. The summed E-state index contributed by atoms with van der Waals surface area (Å²) < 4.78 is 0. The Bertz CT molecular complexity index is 533. The lowest BCUT2D eigenvalue weighted by Crippen LogP contribution is -2.24. The first-order chi connectivity index (χ1) is 10.1. The Kier molecular flexibility index (Phi) is 6.01. The van der Waals surface area contributed by atoms with Crippen LogP contribution < -0.4 is 0 Å². The second kappa shape index (κ2) is 7.99. The molecule has 0 bridgehead atoms. The average molecular weight is 281 g/mol. The van der Waals surface area contributed by atoms with Gasteiger partial charge in [-0.1, -0.05) is 61.5 Å². The summed E-state index contributed by atoms with van der Waals surface area (Å²) in [6.07, 6.45) is 2.43. The highest BCUT2D eigenvalue weighted by molar-refractivity contribution is 5.25. The summed E-state index contributed by atoms with van der Waals surface area (Å²) in [4.78, 5) is 2.44. The summed E-state index contributed by atoms with van der Waals surface area (Å²) in [7, 11) is 2.23. The topological polar surface area (TPSA) is 3.24 Å². The molecule has 0 heterocycles. The SMILES string of the molecule is Cc1ccccc1CN(C)CC(C)CCc1ccccc1. The monoisotopic (exact) mass is 281 g/mol. The quantitative estimate of drug-likeness (QED) is 0.711. The predicted molar refractivity (Wildman–Crippen MR) is 91.4 cm³/mol. The van der Waals surface area contributed by atoms with Gasteiger partial charge in [-0.05, 0) is 49.4 Å². The standard InChI is InChI=1S/C20H27N/c1-17(13-14-19-10-5-4-6-11-19)15-21(3)16-20-12-8-7-9-18(20)2/h4-12,17H,13-16H2,1-3H3. The molecular formula is C20H27N. The van der Waals surface area contributed by atoms with Crippen molar-refractivity contribution < 1.29 is 0 Å². The fourth-order valence-corrected chi connectivity index (χ4v) is 2.82. The van der Waals surface area contributed by atoms with Crippen LogP contribution in [-0.4, -0.2) is 18.5 Å². The minimum atomic E-state index is 0.722. The highest BCUT2D eigenvalue weighted by Crippen LogP contribution is 2.14. The van der Waals surface area contributed by atoms with E-state index in [1.165, 1.54) is 29.5 Å². The van der Waals surface area contributed by atoms with Crippen molar-refractivity contribution in [3.05, 3.63) is 71.3 Å². The van der Waals surface area contributed by atoms with Gasteiger partial charge in [-0.15, -0.1) is 0 Å². The van der Waals surface area contributed by atoms with Crippen molar-refractivity contribution in [1.29, 1.82) is 0 Å². The lowest BCUT2D eigenvalue weighted by atomic mass is 10.0. The molecule has 0 fully saturated rings. The summed E-state index contributed by atoms with van der Waals surface area (Å²) in [5.74, 6) is 0.722. The van der Waals surface area contributed by atoms with Crippen molar-refractivity contribution >= 4 is 0 Å². The van der Waals surface area contributed by atoms with E-state index < -0.39 is 0 Å². The van der Waals surface area contributed by atoms with Crippen molar-refractivity contribution in [2.45, 2.75) is 33.2 Å². The van der Waals surface area contributed by atoms with E-state index in [2.05, 4.69) is 80.4 Å². The molecule has 1 unspecified atom stereocenters. The van der Waals surface area contributed by atoms with Crippen LogP contribution in [0.4, 0.5) is 0 Å². The fourth-order valence-electron chi connectivity index (χ4n) is 2.82. The molecule has 1 heteroatoms. The fraction of sp³-hybridized carbons (Fsp3) is 0.400. The second-order valence-electron chi connectivity index (χ2n) is 6.25. The van der Waals surface area contributed by atoms with E-state index in [9.17, 15) is 0 Å². The van der Waals surface area contributed by atoms with E-state index in [0.29, 0.717) is 0 Å². The summed E-state index contributed by atoms with van der Waals surface area (Å²) in [6, 6.07) is 19.5. The van der Waals surface area contributed by atoms with Crippen LogP contribution in [0.15, 0.2) is 54.6 Å². The molecule has 0 aliphatic carbocycles. The van der Waals surface area contributed by atoms with Crippen LogP contribution in [0, 0.1) is 12.8 Å². The van der Waals surface area contributed by atoms with Crippen LogP contribution >= 0.6 is 0 Å². The van der Waals surface area contributed by atoms with Crippen molar-refractivity contribution in [3.8, 4) is 0 Å². The number of hydrogen-bond acceptors (Lipinski definition) is 1. The highest BCUT2D eigenvalue weighted by atomic mass is 15.1. The van der Waals surface area contributed by atoms with Crippen LogP contribution in [0.25, 0.3) is 0 Å². The van der Waals surface area contributed by atoms with Crippen molar-refractivity contribution in [2.75, 3.05) is 13.6 Å².